The smallest absolute Gasteiger partial charge is 0.220 e. The lowest BCUT2D eigenvalue weighted by Crippen LogP contribution is -2.26. The van der Waals surface area contributed by atoms with E-state index in [0.717, 1.165) is 36.1 Å². The summed E-state index contributed by atoms with van der Waals surface area (Å²) in [7, 11) is 3.21. The average molecular weight is 429 g/mol. The summed E-state index contributed by atoms with van der Waals surface area (Å²) in [6.07, 6.45) is 3.40. The van der Waals surface area contributed by atoms with E-state index < -0.39 is 0 Å². The Labute approximate surface area is 182 Å². The van der Waals surface area contributed by atoms with Gasteiger partial charge in [0.05, 0.1) is 25.3 Å². The molecule has 1 unspecified atom stereocenters. The second-order valence-corrected chi connectivity index (χ2v) is 7.76. The summed E-state index contributed by atoms with van der Waals surface area (Å²) in [6.45, 7) is 7.50. The van der Waals surface area contributed by atoms with Crippen molar-refractivity contribution >= 4 is 28.4 Å². The summed E-state index contributed by atoms with van der Waals surface area (Å²) < 4.78 is 12.8. The van der Waals surface area contributed by atoms with Gasteiger partial charge >= 0.3 is 0 Å². The lowest BCUT2D eigenvalue weighted by atomic mass is 10.1. The number of ether oxygens (including phenoxy) is 2. The van der Waals surface area contributed by atoms with E-state index in [1.807, 2.05) is 23.5 Å². The van der Waals surface area contributed by atoms with Gasteiger partial charge in [0.2, 0.25) is 11.6 Å². The van der Waals surface area contributed by atoms with E-state index >= 15 is 0 Å². The lowest BCUT2D eigenvalue weighted by molar-refractivity contribution is -0.121. The molecular weight excluding hydrogens is 396 g/mol. The zero-order chi connectivity index (χ0) is 22.4. The fraction of sp³-hybridized carbons (Fsp3) is 0.545. The number of methoxy groups -OCH3 is 2. The maximum Gasteiger partial charge on any atom is 0.220 e. The second kappa shape index (κ2) is 10.3. The zero-order valence-corrected chi connectivity index (χ0v) is 19.0. The molecule has 0 bridgehead atoms. The molecule has 2 heterocycles. The van der Waals surface area contributed by atoms with Crippen LogP contribution in [0, 0.1) is 12.8 Å². The third-order valence-electron chi connectivity index (χ3n) is 5.44. The fourth-order valence-corrected chi connectivity index (χ4v) is 3.44. The summed E-state index contributed by atoms with van der Waals surface area (Å²) in [4.78, 5) is 16.6. The number of benzene rings is 1. The monoisotopic (exact) mass is 428 g/mol. The van der Waals surface area contributed by atoms with Crippen LogP contribution >= 0.6 is 0 Å². The summed E-state index contributed by atoms with van der Waals surface area (Å²) in [6, 6.07) is 3.74. The highest BCUT2D eigenvalue weighted by Crippen LogP contribution is 2.33. The molecule has 31 heavy (non-hydrogen) atoms. The quantitative estimate of drug-likeness (QED) is 0.452. The van der Waals surface area contributed by atoms with Gasteiger partial charge in [0.25, 0.3) is 0 Å². The molecule has 0 saturated carbocycles. The molecule has 0 saturated heterocycles. The molecule has 0 aliphatic rings. The number of carbonyl (C=O) groups is 1. The molecule has 0 spiro atoms. The van der Waals surface area contributed by atoms with Gasteiger partial charge in [0.1, 0.15) is 5.82 Å². The van der Waals surface area contributed by atoms with Crippen molar-refractivity contribution in [3.63, 3.8) is 0 Å². The van der Waals surface area contributed by atoms with E-state index in [9.17, 15) is 4.79 Å². The van der Waals surface area contributed by atoms with Crippen molar-refractivity contribution in [1.29, 1.82) is 0 Å². The Balaban J connectivity index is 1.67. The van der Waals surface area contributed by atoms with Crippen molar-refractivity contribution in [3.8, 4) is 11.5 Å². The standard InChI is InChI=1S/C22H32N6O3/c1-6-14(2)11-20(29)23-9-7-8-10-24-21-22-27-26-15(3)28(22)17-13-19(31-5)18(30-4)12-16(17)25-21/h12-14H,6-11H2,1-5H3,(H,23,29)(H,24,25). The number of carbonyl (C=O) groups excluding carboxylic acids is 1. The Bertz CT molecular complexity index is 1050. The predicted octanol–water partition coefficient (Wildman–Crippen LogP) is 3.35. The highest BCUT2D eigenvalue weighted by Gasteiger charge is 2.16. The Kier molecular flexibility index (Phi) is 7.49. The first kappa shape index (κ1) is 22.6. The summed E-state index contributed by atoms with van der Waals surface area (Å²) in [5, 5.41) is 14.9. The van der Waals surface area contributed by atoms with E-state index in [-0.39, 0.29) is 5.91 Å². The lowest BCUT2D eigenvalue weighted by Gasteiger charge is -2.13. The van der Waals surface area contributed by atoms with Crippen molar-refractivity contribution in [2.24, 2.45) is 5.92 Å². The number of rotatable bonds is 11. The summed E-state index contributed by atoms with van der Waals surface area (Å²) in [5.41, 5.74) is 2.27. The normalized spacial score (nSPS) is 12.2. The van der Waals surface area contributed by atoms with E-state index in [1.165, 1.54) is 0 Å². The molecule has 2 aromatic heterocycles. The molecule has 0 radical (unpaired) electrons. The minimum atomic E-state index is 0.128. The van der Waals surface area contributed by atoms with Crippen LogP contribution in [0.5, 0.6) is 11.5 Å². The number of aryl methyl sites for hydroxylation is 1. The van der Waals surface area contributed by atoms with Crippen LogP contribution in [0.2, 0.25) is 0 Å². The molecule has 2 N–H and O–H groups in total. The highest BCUT2D eigenvalue weighted by atomic mass is 16.5. The number of fused-ring (bicyclic) bond motifs is 3. The molecule has 1 amide bonds. The Morgan fingerprint density at radius 2 is 1.84 bits per heavy atom. The van der Waals surface area contributed by atoms with Crippen LogP contribution in [0.3, 0.4) is 0 Å². The minimum Gasteiger partial charge on any atom is -0.493 e. The third kappa shape index (κ3) is 5.15. The van der Waals surface area contributed by atoms with Crippen LogP contribution < -0.4 is 20.1 Å². The topological polar surface area (TPSA) is 103 Å². The first-order valence-corrected chi connectivity index (χ1v) is 10.8. The molecule has 0 aliphatic heterocycles. The van der Waals surface area contributed by atoms with Crippen LogP contribution in [-0.4, -0.2) is 52.8 Å². The van der Waals surface area contributed by atoms with Crippen LogP contribution in [0.1, 0.15) is 45.4 Å². The third-order valence-corrected chi connectivity index (χ3v) is 5.44. The molecular formula is C22H32N6O3. The van der Waals surface area contributed by atoms with Gasteiger partial charge in [0, 0.05) is 31.6 Å². The number of nitrogens with one attached hydrogen (secondary N) is 2. The number of hydrogen-bond donors (Lipinski definition) is 2. The Hall–Kier alpha value is -3.10. The van der Waals surface area contributed by atoms with E-state index in [1.54, 1.807) is 14.2 Å². The molecule has 1 aromatic carbocycles. The van der Waals surface area contributed by atoms with Crippen LogP contribution in [-0.2, 0) is 4.79 Å². The van der Waals surface area contributed by atoms with Crippen LogP contribution in [0.15, 0.2) is 12.1 Å². The molecule has 9 heteroatoms. The Morgan fingerprint density at radius 1 is 1.13 bits per heavy atom. The van der Waals surface area contributed by atoms with E-state index in [0.29, 0.717) is 48.4 Å². The van der Waals surface area contributed by atoms with Gasteiger partial charge in [-0.05, 0) is 25.7 Å². The number of hydrogen-bond acceptors (Lipinski definition) is 7. The first-order chi connectivity index (χ1) is 15.0. The molecule has 9 nitrogen and oxygen atoms in total. The summed E-state index contributed by atoms with van der Waals surface area (Å²) >= 11 is 0. The number of nitrogens with zero attached hydrogens (tertiary/aromatic N) is 4. The SMILES string of the molecule is CCC(C)CC(=O)NCCCCNc1nc2cc(OC)c(OC)cc2n2c(C)nnc12. The average Bonchev–Trinajstić information content (AvgIpc) is 3.16. The van der Waals surface area contributed by atoms with Crippen molar-refractivity contribution in [1.82, 2.24) is 24.9 Å². The largest absolute Gasteiger partial charge is 0.493 e. The van der Waals surface area contributed by atoms with Crippen LogP contribution in [0.4, 0.5) is 5.82 Å². The number of unbranched alkanes of at least 4 members (excludes halogenated alkanes) is 1. The highest BCUT2D eigenvalue weighted by molar-refractivity contribution is 5.85. The van der Waals surface area contributed by atoms with Crippen molar-refractivity contribution in [3.05, 3.63) is 18.0 Å². The number of amides is 1. The molecule has 0 aliphatic carbocycles. The van der Waals surface area contributed by atoms with Gasteiger partial charge in [-0.15, -0.1) is 10.2 Å². The fourth-order valence-electron chi connectivity index (χ4n) is 3.44. The van der Waals surface area contributed by atoms with Gasteiger partial charge in [-0.25, -0.2) is 4.98 Å². The predicted molar refractivity (Wildman–Crippen MR) is 121 cm³/mol. The number of aromatic nitrogens is 4. The molecule has 3 rings (SSSR count). The molecule has 1 atom stereocenters. The van der Waals surface area contributed by atoms with E-state index in [4.69, 9.17) is 14.5 Å². The zero-order valence-electron chi connectivity index (χ0n) is 19.0. The van der Waals surface area contributed by atoms with Crippen molar-refractivity contribution in [2.75, 3.05) is 32.6 Å². The molecule has 3 aromatic rings. The number of anilines is 1. The van der Waals surface area contributed by atoms with Gasteiger partial charge in [0.15, 0.2) is 17.3 Å². The summed E-state index contributed by atoms with van der Waals surface area (Å²) in [5.74, 6) is 3.23. The Morgan fingerprint density at radius 3 is 2.55 bits per heavy atom. The molecule has 0 fully saturated rings. The van der Waals surface area contributed by atoms with E-state index in [2.05, 4.69) is 34.7 Å². The van der Waals surface area contributed by atoms with Gasteiger partial charge in [-0.2, -0.15) is 0 Å². The van der Waals surface area contributed by atoms with Gasteiger partial charge < -0.3 is 20.1 Å². The van der Waals surface area contributed by atoms with Crippen molar-refractivity contribution in [2.45, 2.75) is 46.5 Å². The maximum absolute atomic E-state index is 11.9. The first-order valence-electron chi connectivity index (χ1n) is 10.8. The minimum absolute atomic E-state index is 0.128. The van der Waals surface area contributed by atoms with Gasteiger partial charge in [-0.3, -0.25) is 9.20 Å². The van der Waals surface area contributed by atoms with Gasteiger partial charge in [-0.1, -0.05) is 20.3 Å². The van der Waals surface area contributed by atoms with Crippen molar-refractivity contribution < 1.29 is 14.3 Å². The van der Waals surface area contributed by atoms with Crippen LogP contribution in [0.25, 0.3) is 16.7 Å². The second-order valence-electron chi connectivity index (χ2n) is 7.76. The molecule has 168 valence electrons. The maximum atomic E-state index is 11.9.